The number of esters is 1. The Hall–Kier alpha value is -4.33. The Balaban J connectivity index is 1.18. The maximum atomic E-state index is 14.0. The number of amides is 3. The highest BCUT2D eigenvalue weighted by Gasteiger charge is 2.52. The molecule has 44 heavy (non-hydrogen) atoms. The summed E-state index contributed by atoms with van der Waals surface area (Å²) in [6.45, 7) is 0.861. The highest BCUT2D eigenvalue weighted by molar-refractivity contribution is 5.99. The second-order valence-electron chi connectivity index (χ2n) is 12.9. The highest BCUT2D eigenvalue weighted by Crippen LogP contribution is 2.60. The Morgan fingerprint density at radius 2 is 1.50 bits per heavy atom. The largest absolute Gasteiger partial charge is 0.487 e. The molecule has 0 aliphatic heterocycles. The molecule has 4 fully saturated rings. The molecular weight excluding hydrogens is 554 g/mol. The number of anilines is 2. The first-order chi connectivity index (χ1) is 21.4. The Morgan fingerprint density at radius 1 is 0.841 bits per heavy atom. The van der Waals surface area contributed by atoms with Gasteiger partial charge in [0.2, 0.25) is 5.91 Å². The SMILES string of the molecule is COC(=O)Cc1cccc(NC(=O)NCC(=O)N(CC23CC4CC(CC(C4)C2)C3)c2ccccc2OCc2ccccc2)c1. The van der Waals surface area contributed by atoms with Crippen molar-refractivity contribution in [2.24, 2.45) is 23.2 Å². The van der Waals surface area contributed by atoms with Crippen molar-refractivity contribution in [1.82, 2.24) is 5.32 Å². The van der Waals surface area contributed by atoms with E-state index < -0.39 is 6.03 Å². The van der Waals surface area contributed by atoms with E-state index in [0.29, 0.717) is 24.6 Å². The van der Waals surface area contributed by atoms with Crippen molar-refractivity contribution in [2.75, 3.05) is 30.4 Å². The Kier molecular flexibility index (Phi) is 8.87. The number of ether oxygens (including phenoxy) is 2. The Bertz CT molecular complexity index is 1450. The molecule has 0 unspecified atom stereocenters. The second-order valence-corrected chi connectivity index (χ2v) is 12.9. The fourth-order valence-electron chi connectivity index (χ4n) is 8.09. The molecule has 0 aromatic heterocycles. The zero-order chi connectivity index (χ0) is 30.5. The lowest BCUT2D eigenvalue weighted by Gasteiger charge is -2.57. The van der Waals surface area contributed by atoms with Crippen LogP contribution in [-0.2, 0) is 27.4 Å². The van der Waals surface area contributed by atoms with Gasteiger partial charge < -0.3 is 25.0 Å². The molecule has 0 atom stereocenters. The molecule has 8 nitrogen and oxygen atoms in total. The summed E-state index contributed by atoms with van der Waals surface area (Å²) in [5, 5.41) is 5.55. The molecule has 4 saturated carbocycles. The van der Waals surface area contributed by atoms with E-state index in [1.165, 1.54) is 26.4 Å². The molecule has 4 bridgehead atoms. The van der Waals surface area contributed by atoms with Crippen LogP contribution in [0.5, 0.6) is 5.75 Å². The van der Waals surface area contributed by atoms with Crippen molar-refractivity contribution in [3.8, 4) is 5.75 Å². The molecular formula is C36H41N3O5. The van der Waals surface area contributed by atoms with Gasteiger partial charge in [0.1, 0.15) is 12.4 Å². The van der Waals surface area contributed by atoms with Crippen molar-refractivity contribution < 1.29 is 23.9 Å². The molecule has 3 aromatic rings. The number of hydrogen-bond donors (Lipinski definition) is 2. The molecule has 230 valence electrons. The predicted molar refractivity (Wildman–Crippen MR) is 169 cm³/mol. The average Bonchev–Trinajstić information content (AvgIpc) is 3.02. The van der Waals surface area contributed by atoms with Gasteiger partial charge in [-0.1, -0.05) is 54.6 Å². The molecule has 0 saturated heterocycles. The van der Waals surface area contributed by atoms with Gasteiger partial charge in [-0.25, -0.2) is 4.79 Å². The summed E-state index contributed by atoms with van der Waals surface area (Å²) in [5.74, 6) is 2.38. The molecule has 2 N–H and O–H groups in total. The molecule has 7 rings (SSSR count). The van der Waals surface area contributed by atoms with Crippen LogP contribution in [0.1, 0.15) is 49.7 Å². The molecule has 3 aromatic carbocycles. The van der Waals surface area contributed by atoms with Crippen molar-refractivity contribution in [1.29, 1.82) is 0 Å². The maximum absolute atomic E-state index is 14.0. The van der Waals surface area contributed by atoms with E-state index in [4.69, 9.17) is 9.47 Å². The summed E-state index contributed by atoms with van der Waals surface area (Å²) in [6.07, 6.45) is 7.56. The molecule has 4 aliphatic carbocycles. The summed E-state index contributed by atoms with van der Waals surface area (Å²) < 4.78 is 11.0. The third-order valence-corrected chi connectivity index (χ3v) is 9.51. The number of rotatable bonds is 11. The van der Waals surface area contributed by atoms with E-state index in [1.54, 1.807) is 24.3 Å². The standard InChI is InChI=1S/C36H41N3O5/c1-43-34(41)18-26-10-7-11-30(17-26)38-35(42)37-22-33(40)39(24-36-19-27-14-28(20-36)16-29(15-27)21-36)31-12-5-6-13-32(31)44-23-25-8-3-2-4-9-25/h2-13,17,27-29H,14-16,18-24H2,1H3,(H2,37,38,42). The topological polar surface area (TPSA) is 97.0 Å². The van der Waals surface area contributed by atoms with E-state index in [1.807, 2.05) is 59.5 Å². The fourth-order valence-corrected chi connectivity index (χ4v) is 8.09. The van der Waals surface area contributed by atoms with Crippen LogP contribution in [0.25, 0.3) is 0 Å². The van der Waals surface area contributed by atoms with Crippen LogP contribution in [0, 0.1) is 23.2 Å². The average molecular weight is 596 g/mol. The van der Waals surface area contributed by atoms with E-state index in [2.05, 4.69) is 10.6 Å². The number of carbonyl (C=O) groups is 3. The van der Waals surface area contributed by atoms with Crippen LogP contribution in [0.2, 0.25) is 0 Å². The second kappa shape index (κ2) is 13.1. The van der Waals surface area contributed by atoms with Crippen molar-refractivity contribution in [3.63, 3.8) is 0 Å². The lowest BCUT2D eigenvalue weighted by molar-refractivity contribution is -0.139. The number of urea groups is 1. The maximum Gasteiger partial charge on any atom is 0.319 e. The zero-order valence-corrected chi connectivity index (χ0v) is 25.3. The first-order valence-corrected chi connectivity index (χ1v) is 15.6. The minimum absolute atomic E-state index is 0.0965. The quantitative estimate of drug-likeness (QED) is 0.252. The van der Waals surface area contributed by atoms with Gasteiger partial charge in [0.25, 0.3) is 0 Å². The number of hydrogen-bond acceptors (Lipinski definition) is 5. The van der Waals surface area contributed by atoms with E-state index in [0.717, 1.165) is 53.8 Å². The van der Waals surface area contributed by atoms with Crippen LogP contribution in [-0.4, -0.2) is 38.1 Å². The lowest BCUT2D eigenvalue weighted by Crippen LogP contribution is -2.53. The lowest BCUT2D eigenvalue weighted by atomic mass is 9.49. The first kappa shape index (κ1) is 29.7. The normalized spacial score (nSPS) is 23.1. The van der Waals surface area contributed by atoms with Crippen LogP contribution >= 0.6 is 0 Å². The van der Waals surface area contributed by atoms with Gasteiger partial charge in [0, 0.05) is 12.2 Å². The van der Waals surface area contributed by atoms with Crippen molar-refractivity contribution >= 4 is 29.3 Å². The monoisotopic (exact) mass is 595 g/mol. The number of para-hydroxylation sites is 2. The summed E-state index contributed by atoms with van der Waals surface area (Å²) in [6, 6.07) is 24.3. The van der Waals surface area contributed by atoms with Gasteiger partial charge in [-0.3, -0.25) is 9.59 Å². The predicted octanol–water partition coefficient (Wildman–Crippen LogP) is 6.35. The van der Waals surface area contributed by atoms with Crippen molar-refractivity contribution in [2.45, 2.75) is 51.6 Å². The van der Waals surface area contributed by atoms with Crippen LogP contribution in [0.4, 0.5) is 16.2 Å². The van der Waals surface area contributed by atoms with Gasteiger partial charge in [-0.15, -0.1) is 0 Å². The van der Waals surface area contributed by atoms with E-state index >= 15 is 0 Å². The Labute approximate surface area is 259 Å². The number of benzene rings is 3. The molecule has 8 heteroatoms. The first-order valence-electron chi connectivity index (χ1n) is 15.6. The third-order valence-electron chi connectivity index (χ3n) is 9.51. The van der Waals surface area contributed by atoms with E-state index in [9.17, 15) is 14.4 Å². The molecule has 0 heterocycles. The molecule has 0 spiro atoms. The number of nitrogens with zero attached hydrogens (tertiary/aromatic N) is 1. The minimum atomic E-state index is -0.489. The van der Waals surface area contributed by atoms with Gasteiger partial charge in [-0.05, 0) is 97.1 Å². The molecule has 3 amide bonds. The highest BCUT2D eigenvalue weighted by atomic mass is 16.5. The van der Waals surface area contributed by atoms with Gasteiger partial charge in [0.05, 0.1) is 25.8 Å². The summed E-state index contributed by atoms with van der Waals surface area (Å²) in [7, 11) is 1.34. The summed E-state index contributed by atoms with van der Waals surface area (Å²) >= 11 is 0. The fraction of sp³-hybridized carbons (Fsp3) is 0.417. The summed E-state index contributed by atoms with van der Waals surface area (Å²) in [5.41, 5.74) is 3.14. The smallest absolute Gasteiger partial charge is 0.319 e. The third kappa shape index (κ3) is 7.07. The summed E-state index contributed by atoms with van der Waals surface area (Å²) in [4.78, 5) is 40.5. The Morgan fingerprint density at radius 3 is 2.20 bits per heavy atom. The van der Waals surface area contributed by atoms with Gasteiger partial charge in [0.15, 0.2) is 0 Å². The van der Waals surface area contributed by atoms with Crippen LogP contribution < -0.4 is 20.3 Å². The zero-order valence-electron chi connectivity index (χ0n) is 25.3. The van der Waals surface area contributed by atoms with Crippen molar-refractivity contribution in [3.05, 3.63) is 90.0 Å². The van der Waals surface area contributed by atoms with Gasteiger partial charge in [-0.2, -0.15) is 0 Å². The van der Waals surface area contributed by atoms with E-state index in [-0.39, 0.29) is 30.3 Å². The molecule has 0 radical (unpaired) electrons. The van der Waals surface area contributed by atoms with Crippen LogP contribution in [0.15, 0.2) is 78.9 Å². The number of nitrogens with one attached hydrogen (secondary N) is 2. The number of carbonyl (C=O) groups excluding carboxylic acids is 3. The minimum Gasteiger partial charge on any atom is -0.487 e. The van der Waals surface area contributed by atoms with Crippen LogP contribution in [0.3, 0.4) is 0 Å². The van der Waals surface area contributed by atoms with Gasteiger partial charge >= 0.3 is 12.0 Å². The molecule has 4 aliphatic rings. The number of methoxy groups -OCH3 is 1.